The Balaban J connectivity index is 1.28. The Bertz CT molecular complexity index is 1320. The minimum atomic E-state index is -4.74. The number of thiazole rings is 1. The van der Waals surface area contributed by atoms with E-state index in [0.29, 0.717) is 20.3 Å². The Labute approximate surface area is 210 Å². The van der Waals surface area contributed by atoms with Crippen molar-refractivity contribution in [2.45, 2.75) is 24.5 Å². The summed E-state index contributed by atoms with van der Waals surface area (Å²) in [7, 11) is 0. The van der Waals surface area contributed by atoms with Crippen molar-refractivity contribution in [1.82, 2.24) is 15.2 Å². The van der Waals surface area contributed by atoms with Gasteiger partial charge >= 0.3 is 6.36 Å². The molecule has 0 saturated heterocycles. The number of nitrogens with zero attached hydrogens (tertiary/aromatic N) is 3. The van der Waals surface area contributed by atoms with Crippen LogP contribution < -0.4 is 15.4 Å². The predicted molar refractivity (Wildman–Crippen MR) is 133 cm³/mol. The molecule has 0 unspecified atom stereocenters. The maximum atomic E-state index is 12.4. The van der Waals surface area contributed by atoms with E-state index in [1.165, 1.54) is 58.7 Å². The van der Waals surface area contributed by atoms with Gasteiger partial charge in [0, 0.05) is 16.6 Å². The van der Waals surface area contributed by atoms with E-state index in [0.717, 1.165) is 22.4 Å². The fourth-order valence-corrected chi connectivity index (χ4v) is 5.23. The van der Waals surface area contributed by atoms with Crippen molar-refractivity contribution in [2.75, 3.05) is 16.4 Å². The van der Waals surface area contributed by atoms with Crippen molar-refractivity contribution in [1.29, 1.82) is 0 Å². The molecule has 0 fully saturated rings. The first-order chi connectivity index (χ1) is 16.6. The molecule has 1 amide bonds. The van der Waals surface area contributed by atoms with Crippen LogP contribution in [0, 0.1) is 13.8 Å². The van der Waals surface area contributed by atoms with Crippen LogP contribution in [0.4, 0.5) is 29.1 Å². The maximum Gasteiger partial charge on any atom is 0.573 e. The predicted octanol–water partition coefficient (Wildman–Crippen LogP) is 6.65. The van der Waals surface area contributed by atoms with E-state index in [4.69, 9.17) is 0 Å². The van der Waals surface area contributed by atoms with Crippen LogP contribution in [0.5, 0.6) is 5.75 Å². The lowest BCUT2D eigenvalue weighted by Gasteiger charge is -2.09. The number of aromatic nitrogens is 3. The van der Waals surface area contributed by atoms with Gasteiger partial charge in [0.1, 0.15) is 5.75 Å². The molecular weight excluding hydrogens is 519 g/mol. The third kappa shape index (κ3) is 7.16. The maximum absolute atomic E-state index is 12.4. The zero-order valence-electron chi connectivity index (χ0n) is 18.3. The number of hydrogen-bond donors (Lipinski definition) is 2. The van der Waals surface area contributed by atoms with Crippen LogP contribution in [0.1, 0.15) is 11.1 Å². The topological polar surface area (TPSA) is 89.0 Å². The molecule has 0 bridgehead atoms. The molecule has 0 aliphatic heterocycles. The second-order valence-corrected chi connectivity index (χ2v) is 10.3. The summed E-state index contributed by atoms with van der Waals surface area (Å²) in [6, 6.07) is 11.4. The highest BCUT2D eigenvalue weighted by atomic mass is 32.2. The number of nitrogens with one attached hydrogen (secondary N) is 2. The van der Waals surface area contributed by atoms with Gasteiger partial charge < -0.3 is 15.4 Å². The molecule has 0 spiro atoms. The summed E-state index contributed by atoms with van der Waals surface area (Å²) in [6.45, 7) is 4.04. The molecule has 182 valence electrons. The smallest absolute Gasteiger partial charge is 0.406 e. The lowest BCUT2D eigenvalue weighted by Crippen LogP contribution is -2.16. The SMILES string of the molecule is Cc1ccc(C)c(-c2csc(NC(=O)CSc3nnc(Nc4ccc(OC(F)(F)F)cc4)s3)n2)c1. The summed E-state index contributed by atoms with van der Waals surface area (Å²) in [4.78, 5) is 16.9. The van der Waals surface area contributed by atoms with Crippen LogP contribution in [0.25, 0.3) is 11.3 Å². The van der Waals surface area contributed by atoms with E-state index in [1.807, 2.05) is 31.4 Å². The van der Waals surface area contributed by atoms with E-state index < -0.39 is 6.36 Å². The molecule has 2 aromatic carbocycles. The van der Waals surface area contributed by atoms with Gasteiger partial charge in [-0.3, -0.25) is 4.79 Å². The van der Waals surface area contributed by atoms with Crippen molar-refractivity contribution in [3.8, 4) is 17.0 Å². The molecule has 4 rings (SSSR count). The first-order valence-corrected chi connectivity index (χ1v) is 12.7. The fraction of sp³-hybridized carbons (Fsp3) is 0.182. The lowest BCUT2D eigenvalue weighted by molar-refractivity contribution is -0.274. The summed E-state index contributed by atoms with van der Waals surface area (Å²) in [5.74, 6) is -0.415. The molecule has 0 saturated carbocycles. The Hall–Kier alpha value is -3.16. The largest absolute Gasteiger partial charge is 0.573 e. The van der Waals surface area contributed by atoms with Gasteiger partial charge in [-0.2, -0.15) is 0 Å². The number of halogens is 3. The number of aryl methyl sites for hydroxylation is 2. The number of ether oxygens (including phenoxy) is 1. The van der Waals surface area contributed by atoms with Crippen LogP contribution in [-0.2, 0) is 4.79 Å². The van der Waals surface area contributed by atoms with Gasteiger partial charge in [-0.1, -0.05) is 40.8 Å². The molecule has 2 heterocycles. The fourth-order valence-electron chi connectivity index (χ4n) is 2.93. The molecular formula is C22H18F3N5O2S3. The summed E-state index contributed by atoms with van der Waals surface area (Å²) in [5.41, 5.74) is 4.62. The van der Waals surface area contributed by atoms with Crippen LogP contribution in [0.2, 0.25) is 0 Å². The Kier molecular flexibility index (Phi) is 7.57. The zero-order chi connectivity index (χ0) is 25.0. The molecule has 2 N–H and O–H groups in total. The molecule has 0 atom stereocenters. The highest BCUT2D eigenvalue weighted by molar-refractivity contribution is 8.01. The number of thioether (sulfide) groups is 1. The van der Waals surface area contributed by atoms with E-state index in [-0.39, 0.29) is 17.4 Å². The summed E-state index contributed by atoms with van der Waals surface area (Å²) >= 11 is 3.80. The number of carbonyl (C=O) groups excluding carboxylic acids is 1. The zero-order valence-corrected chi connectivity index (χ0v) is 20.8. The standard InChI is InChI=1S/C22H18F3N5O2S3/c1-12-3-4-13(2)16(9-12)17-10-33-19(27-17)28-18(31)11-34-21-30-29-20(35-21)26-14-5-7-15(8-6-14)32-22(23,24)25/h3-10H,11H2,1-2H3,(H,26,29)(H,27,28,31). The average molecular weight is 538 g/mol. The number of anilines is 3. The number of benzene rings is 2. The molecule has 2 aromatic heterocycles. The minimum Gasteiger partial charge on any atom is -0.406 e. The van der Waals surface area contributed by atoms with Gasteiger partial charge in [0.2, 0.25) is 11.0 Å². The minimum absolute atomic E-state index is 0.122. The van der Waals surface area contributed by atoms with Gasteiger partial charge in [-0.25, -0.2) is 4.98 Å². The van der Waals surface area contributed by atoms with Gasteiger partial charge in [0.15, 0.2) is 9.47 Å². The first-order valence-electron chi connectivity index (χ1n) is 10.1. The van der Waals surface area contributed by atoms with Crippen molar-refractivity contribution in [3.05, 3.63) is 59.0 Å². The lowest BCUT2D eigenvalue weighted by atomic mass is 10.0. The van der Waals surface area contributed by atoms with Crippen LogP contribution >= 0.6 is 34.4 Å². The van der Waals surface area contributed by atoms with Crippen molar-refractivity contribution >= 4 is 56.3 Å². The molecule has 13 heteroatoms. The molecule has 35 heavy (non-hydrogen) atoms. The van der Waals surface area contributed by atoms with Gasteiger partial charge in [-0.05, 0) is 49.7 Å². The Morgan fingerprint density at radius 1 is 1.09 bits per heavy atom. The molecule has 0 radical (unpaired) electrons. The summed E-state index contributed by atoms with van der Waals surface area (Å²) in [6.07, 6.45) is -4.74. The second kappa shape index (κ2) is 10.6. The van der Waals surface area contributed by atoms with E-state index in [2.05, 4.69) is 36.6 Å². The number of carbonyl (C=O) groups is 1. The highest BCUT2D eigenvalue weighted by Crippen LogP contribution is 2.31. The average Bonchev–Trinajstić information content (AvgIpc) is 3.44. The quantitative estimate of drug-likeness (QED) is 0.243. The Morgan fingerprint density at radius 2 is 1.86 bits per heavy atom. The highest BCUT2D eigenvalue weighted by Gasteiger charge is 2.31. The summed E-state index contributed by atoms with van der Waals surface area (Å²) < 4.78 is 41.2. The van der Waals surface area contributed by atoms with Crippen LogP contribution in [0.15, 0.2) is 52.2 Å². The Morgan fingerprint density at radius 3 is 2.60 bits per heavy atom. The third-order valence-corrected chi connectivity index (χ3v) is 7.22. The second-order valence-electron chi connectivity index (χ2n) is 7.26. The van der Waals surface area contributed by atoms with Crippen molar-refractivity contribution < 1.29 is 22.7 Å². The van der Waals surface area contributed by atoms with Crippen molar-refractivity contribution in [2.24, 2.45) is 0 Å². The molecule has 0 aliphatic carbocycles. The van der Waals surface area contributed by atoms with E-state index >= 15 is 0 Å². The molecule has 7 nitrogen and oxygen atoms in total. The first kappa shape index (κ1) is 24.9. The van der Waals surface area contributed by atoms with Crippen LogP contribution in [0.3, 0.4) is 0 Å². The molecule has 0 aliphatic rings. The molecule has 4 aromatic rings. The van der Waals surface area contributed by atoms with Gasteiger partial charge in [0.25, 0.3) is 0 Å². The number of alkyl halides is 3. The summed E-state index contributed by atoms with van der Waals surface area (Å²) in [5, 5.41) is 16.6. The van der Waals surface area contributed by atoms with Gasteiger partial charge in [0.05, 0.1) is 11.4 Å². The van der Waals surface area contributed by atoms with Crippen LogP contribution in [-0.4, -0.2) is 33.2 Å². The van der Waals surface area contributed by atoms with E-state index in [1.54, 1.807) is 0 Å². The van der Waals surface area contributed by atoms with Crippen molar-refractivity contribution in [3.63, 3.8) is 0 Å². The number of rotatable bonds is 8. The van der Waals surface area contributed by atoms with E-state index in [9.17, 15) is 18.0 Å². The third-order valence-electron chi connectivity index (χ3n) is 4.49. The monoisotopic (exact) mass is 537 g/mol. The van der Waals surface area contributed by atoms with Gasteiger partial charge in [-0.15, -0.1) is 34.7 Å². The number of amides is 1. The normalized spacial score (nSPS) is 11.3. The number of hydrogen-bond acceptors (Lipinski definition) is 9.